The number of anilines is 6. The van der Waals surface area contributed by atoms with Crippen LogP contribution in [0.15, 0.2) is 114 Å². The van der Waals surface area contributed by atoms with Crippen molar-refractivity contribution in [3.63, 3.8) is 0 Å². The van der Waals surface area contributed by atoms with Crippen molar-refractivity contribution in [3.05, 3.63) is 130 Å². The van der Waals surface area contributed by atoms with E-state index in [0.717, 1.165) is 67.7 Å². The predicted octanol–water partition coefficient (Wildman–Crippen LogP) is 10.5. The van der Waals surface area contributed by atoms with E-state index in [-0.39, 0.29) is 0 Å². The SMILES string of the molecule is Brc1cccc(Oc2cc(N3CCCc4ccccc43)cc(N3CCCc4c3cccc4N3CCCc4ccccc43)c2)c1. The number of halogens is 1. The highest BCUT2D eigenvalue weighted by Gasteiger charge is 2.27. The summed E-state index contributed by atoms with van der Waals surface area (Å²) in [6.45, 7) is 3.03. The molecule has 0 amide bonds. The van der Waals surface area contributed by atoms with Gasteiger partial charge in [0.25, 0.3) is 0 Å². The molecule has 0 N–H and O–H groups in total. The summed E-state index contributed by atoms with van der Waals surface area (Å²) in [5.41, 5.74) is 12.0. The van der Waals surface area contributed by atoms with Crippen LogP contribution in [0.5, 0.6) is 11.5 Å². The fourth-order valence-electron chi connectivity index (χ4n) is 7.32. The second-order valence-electron chi connectivity index (χ2n) is 12.0. The third-order valence-corrected chi connectivity index (χ3v) is 9.76. The van der Waals surface area contributed by atoms with Crippen molar-refractivity contribution in [1.82, 2.24) is 0 Å². The molecule has 3 heterocycles. The van der Waals surface area contributed by atoms with Crippen molar-refractivity contribution in [1.29, 1.82) is 0 Å². The molecule has 0 aromatic heterocycles. The minimum absolute atomic E-state index is 0.826. The molecule has 0 fully saturated rings. The summed E-state index contributed by atoms with van der Waals surface area (Å²) in [6.07, 6.45) is 6.78. The van der Waals surface area contributed by atoms with Crippen LogP contribution in [0.3, 0.4) is 0 Å². The molecule has 3 aliphatic rings. The zero-order chi connectivity index (χ0) is 29.5. The standard InChI is InChI=1S/C39H36BrN3O/c40-30-14-5-15-33(24-30)44-34-26-31(41-21-7-12-28-10-1-3-17-36(28)41)25-32(27-34)42-22-9-16-35-38(42)19-6-20-39(35)43-23-8-13-29-11-2-4-18-37(29)43/h1-6,10-11,14-15,17-20,24-27H,7-9,12-13,16,21-23H2. The molecule has 0 atom stereocenters. The Morgan fingerprint density at radius 3 is 1.73 bits per heavy atom. The van der Waals surface area contributed by atoms with E-state index >= 15 is 0 Å². The third-order valence-electron chi connectivity index (χ3n) is 9.27. The molecule has 44 heavy (non-hydrogen) atoms. The van der Waals surface area contributed by atoms with Crippen LogP contribution in [-0.2, 0) is 19.3 Å². The molecule has 0 radical (unpaired) electrons. The fourth-order valence-corrected chi connectivity index (χ4v) is 7.70. The van der Waals surface area contributed by atoms with E-state index in [1.165, 1.54) is 57.2 Å². The highest BCUT2D eigenvalue weighted by atomic mass is 79.9. The normalized spacial score (nSPS) is 15.8. The summed E-state index contributed by atoms with van der Waals surface area (Å²) >= 11 is 3.61. The van der Waals surface area contributed by atoms with E-state index in [1.807, 2.05) is 24.3 Å². The van der Waals surface area contributed by atoms with Crippen molar-refractivity contribution < 1.29 is 4.74 Å². The van der Waals surface area contributed by atoms with E-state index in [0.29, 0.717) is 0 Å². The number of nitrogens with zero attached hydrogens (tertiary/aromatic N) is 3. The third kappa shape index (κ3) is 5.13. The Balaban J connectivity index is 1.23. The molecule has 0 aliphatic carbocycles. The Hall–Kier alpha value is -4.22. The average Bonchev–Trinajstić information content (AvgIpc) is 3.07. The molecule has 0 saturated carbocycles. The quantitative estimate of drug-likeness (QED) is 0.190. The molecule has 0 spiro atoms. The topological polar surface area (TPSA) is 19.0 Å². The minimum Gasteiger partial charge on any atom is -0.457 e. The number of hydrogen-bond donors (Lipinski definition) is 0. The predicted molar refractivity (Wildman–Crippen MR) is 186 cm³/mol. The zero-order valence-corrected chi connectivity index (χ0v) is 26.5. The molecule has 0 saturated heterocycles. The van der Waals surface area contributed by atoms with Crippen LogP contribution in [0.4, 0.5) is 34.1 Å². The molecule has 8 rings (SSSR count). The van der Waals surface area contributed by atoms with E-state index in [2.05, 4.69) is 116 Å². The van der Waals surface area contributed by atoms with Gasteiger partial charge in [0.1, 0.15) is 11.5 Å². The fraction of sp³-hybridized carbons (Fsp3) is 0.231. The van der Waals surface area contributed by atoms with Crippen LogP contribution in [-0.4, -0.2) is 19.6 Å². The summed E-state index contributed by atoms with van der Waals surface area (Å²) in [4.78, 5) is 7.55. The van der Waals surface area contributed by atoms with Crippen LogP contribution < -0.4 is 19.4 Å². The lowest BCUT2D eigenvalue weighted by Crippen LogP contribution is -2.29. The van der Waals surface area contributed by atoms with Gasteiger partial charge in [-0.25, -0.2) is 0 Å². The van der Waals surface area contributed by atoms with Gasteiger partial charge in [-0.3, -0.25) is 0 Å². The smallest absolute Gasteiger partial charge is 0.131 e. The maximum absolute atomic E-state index is 6.56. The molecule has 5 aromatic rings. The highest BCUT2D eigenvalue weighted by molar-refractivity contribution is 9.10. The van der Waals surface area contributed by atoms with Gasteiger partial charge >= 0.3 is 0 Å². The van der Waals surface area contributed by atoms with Crippen molar-refractivity contribution in [2.75, 3.05) is 34.3 Å². The van der Waals surface area contributed by atoms with Gasteiger partial charge in [-0.05, 0) is 104 Å². The summed E-state index contributed by atoms with van der Waals surface area (Å²) in [6, 6.07) is 39.5. The van der Waals surface area contributed by atoms with Crippen molar-refractivity contribution >= 4 is 50.1 Å². The van der Waals surface area contributed by atoms with Crippen LogP contribution in [0.1, 0.15) is 36.0 Å². The van der Waals surface area contributed by atoms with Crippen LogP contribution in [0.25, 0.3) is 0 Å². The van der Waals surface area contributed by atoms with Gasteiger partial charge in [0.05, 0.1) is 0 Å². The molecule has 5 heteroatoms. The van der Waals surface area contributed by atoms with E-state index in [4.69, 9.17) is 4.74 Å². The van der Waals surface area contributed by atoms with Crippen molar-refractivity contribution in [2.45, 2.75) is 38.5 Å². The molecule has 3 aliphatic heterocycles. The second-order valence-corrected chi connectivity index (χ2v) is 13.0. The van der Waals surface area contributed by atoms with Crippen LogP contribution in [0.2, 0.25) is 0 Å². The van der Waals surface area contributed by atoms with Crippen LogP contribution in [0, 0.1) is 0 Å². The monoisotopic (exact) mass is 641 g/mol. The van der Waals surface area contributed by atoms with E-state index in [9.17, 15) is 0 Å². The number of para-hydroxylation sites is 2. The minimum atomic E-state index is 0.826. The van der Waals surface area contributed by atoms with Gasteiger partial charge in [-0.2, -0.15) is 0 Å². The van der Waals surface area contributed by atoms with Crippen molar-refractivity contribution in [3.8, 4) is 11.5 Å². The molecule has 220 valence electrons. The summed E-state index contributed by atoms with van der Waals surface area (Å²) < 4.78 is 7.57. The lowest BCUT2D eigenvalue weighted by molar-refractivity contribution is 0.482. The number of benzene rings is 5. The Morgan fingerprint density at radius 2 is 1.02 bits per heavy atom. The van der Waals surface area contributed by atoms with E-state index < -0.39 is 0 Å². The van der Waals surface area contributed by atoms with Gasteiger partial charge in [-0.1, -0.05) is 64.5 Å². The second kappa shape index (κ2) is 11.7. The van der Waals surface area contributed by atoms with Gasteiger partial charge in [0, 0.05) is 70.4 Å². The number of fused-ring (bicyclic) bond motifs is 3. The highest BCUT2D eigenvalue weighted by Crippen LogP contribution is 2.45. The largest absolute Gasteiger partial charge is 0.457 e. The summed E-state index contributed by atoms with van der Waals surface area (Å²) in [5, 5.41) is 0. The van der Waals surface area contributed by atoms with Crippen LogP contribution >= 0.6 is 15.9 Å². The molecule has 5 aromatic carbocycles. The van der Waals surface area contributed by atoms with Gasteiger partial charge in [0.15, 0.2) is 0 Å². The average molecular weight is 643 g/mol. The molecular formula is C39H36BrN3O. The van der Waals surface area contributed by atoms with Gasteiger partial charge in [0.2, 0.25) is 0 Å². The number of ether oxygens (including phenoxy) is 1. The Bertz CT molecular complexity index is 1830. The maximum Gasteiger partial charge on any atom is 0.131 e. The first-order valence-electron chi connectivity index (χ1n) is 15.9. The van der Waals surface area contributed by atoms with Gasteiger partial charge < -0.3 is 19.4 Å². The first-order chi connectivity index (χ1) is 21.7. The Morgan fingerprint density at radius 1 is 0.477 bits per heavy atom. The lowest BCUT2D eigenvalue weighted by atomic mass is 9.95. The first kappa shape index (κ1) is 27.3. The number of aryl methyl sites for hydroxylation is 2. The van der Waals surface area contributed by atoms with Crippen molar-refractivity contribution in [2.24, 2.45) is 0 Å². The Labute approximate surface area is 268 Å². The van der Waals surface area contributed by atoms with Gasteiger partial charge in [-0.15, -0.1) is 0 Å². The number of hydrogen-bond acceptors (Lipinski definition) is 4. The summed E-state index contributed by atoms with van der Waals surface area (Å²) in [7, 11) is 0. The molecule has 4 nitrogen and oxygen atoms in total. The summed E-state index contributed by atoms with van der Waals surface area (Å²) in [5.74, 6) is 1.68. The molecular weight excluding hydrogens is 606 g/mol. The molecule has 0 bridgehead atoms. The van der Waals surface area contributed by atoms with E-state index in [1.54, 1.807) is 0 Å². The maximum atomic E-state index is 6.56. The lowest BCUT2D eigenvalue weighted by Gasteiger charge is -2.38. The number of rotatable bonds is 5. The molecule has 0 unspecified atom stereocenters. The first-order valence-corrected chi connectivity index (χ1v) is 16.7. The Kier molecular flexibility index (Phi) is 7.27. The zero-order valence-electron chi connectivity index (χ0n) is 24.9.